The molecule has 12 heavy (non-hydrogen) atoms. The van der Waals surface area contributed by atoms with Gasteiger partial charge < -0.3 is 10.6 Å². The van der Waals surface area contributed by atoms with Crippen molar-refractivity contribution in [1.29, 1.82) is 0 Å². The second-order valence-corrected chi connectivity index (χ2v) is 3.77. The summed E-state index contributed by atoms with van der Waals surface area (Å²) in [7, 11) is 0. The Morgan fingerprint density at radius 2 is 2.25 bits per heavy atom. The molecule has 3 nitrogen and oxygen atoms in total. The maximum Gasteiger partial charge on any atom is 0.191 e. The van der Waals surface area contributed by atoms with Gasteiger partial charge in [0.2, 0.25) is 0 Å². The van der Waals surface area contributed by atoms with Crippen molar-refractivity contribution in [2.75, 3.05) is 6.54 Å². The molecular weight excluding hydrogens is 150 g/mol. The molecule has 1 atom stereocenters. The first-order valence-corrected chi connectivity index (χ1v) is 4.71. The van der Waals surface area contributed by atoms with Crippen molar-refractivity contribution in [2.24, 2.45) is 10.7 Å². The summed E-state index contributed by atoms with van der Waals surface area (Å²) in [6, 6.07) is 0.880. The standard InChI is InChI=1S/C9H19N3/c1-7(2)11-9(10)12-6-4-5-8(12)3/h7-8H,4-6H2,1-3H3,(H2,10,11). The smallest absolute Gasteiger partial charge is 0.191 e. The number of likely N-dealkylation sites (tertiary alicyclic amines) is 1. The number of nitrogens with zero attached hydrogens (tertiary/aromatic N) is 2. The Kier molecular flexibility index (Phi) is 2.95. The molecule has 1 aliphatic rings. The van der Waals surface area contributed by atoms with E-state index in [1.54, 1.807) is 0 Å². The van der Waals surface area contributed by atoms with Crippen LogP contribution in [0.3, 0.4) is 0 Å². The van der Waals surface area contributed by atoms with Gasteiger partial charge in [-0.2, -0.15) is 0 Å². The third-order valence-electron chi connectivity index (χ3n) is 2.24. The molecule has 0 aromatic carbocycles. The van der Waals surface area contributed by atoms with Crippen molar-refractivity contribution < 1.29 is 0 Å². The molecule has 70 valence electrons. The van der Waals surface area contributed by atoms with Gasteiger partial charge in [-0.15, -0.1) is 0 Å². The van der Waals surface area contributed by atoms with Crippen LogP contribution in [0.25, 0.3) is 0 Å². The van der Waals surface area contributed by atoms with E-state index < -0.39 is 0 Å². The van der Waals surface area contributed by atoms with Gasteiger partial charge >= 0.3 is 0 Å². The number of rotatable bonds is 1. The van der Waals surface area contributed by atoms with E-state index in [4.69, 9.17) is 5.73 Å². The highest BCUT2D eigenvalue weighted by Gasteiger charge is 2.21. The van der Waals surface area contributed by atoms with Crippen molar-refractivity contribution in [3.63, 3.8) is 0 Å². The Morgan fingerprint density at radius 1 is 1.58 bits per heavy atom. The zero-order chi connectivity index (χ0) is 9.14. The molecule has 0 bridgehead atoms. The average Bonchev–Trinajstić information content (AvgIpc) is 2.33. The highest BCUT2D eigenvalue weighted by Crippen LogP contribution is 2.15. The molecule has 3 heteroatoms. The van der Waals surface area contributed by atoms with Crippen molar-refractivity contribution in [3.8, 4) is 0 Å². The van der Waals surface area contributed by atoms with E-state index >= 15 is 0 Å². The molecule has 1 saturated heterocycles. The molecule has 0 saturated carbocycles. The van der Waals surface area contributed by atoms with Crippen LogP contribution in [-0.2, 0) is 0 Å². The molecule has 0 amide bonds. The van der Waals surface area contributed by atoms with Crippen LogP contribution in [-0.4, -0.2) is 29.5 Å². The molecule has 2 N–H and O–H groups in total. The van der Waals surface area contributed by atoms with Crippen molar-refractivity contribution in [2.45, 2.75) is 45.7 Å². The first-order chi connectivity index (χ1) is 5.61. The summed E-state index contributed by atoms with van der Waals surface area (Å²) < 4.78 is 0. The molecular formula is C9H19N3. The largest absolute Gasteiger partial charge is 0.370 e. The van der Waals surface area contributed by atoms with Crippen molar-refractivity contribution in [1.82, 2.24) is 4.90 Å². The van der Waals surface area contributed by atoms with E-state index in [1.807, 2.05) is 13.8 Å². The van der Waals surface area contributed by atoms with E-state index in [0.29, 0.717) is 12.1 Å². The van der Waals surface area contributed by atoms with Crippen LogP contribution in [0.4, 0.5) is 0 Å². The Morgan fingerprint density at radius 3 is 2.67 bits per heavy atom. The van der Waals surface area contributed by atoms with Crippen LogP contribution in [0, 0.1) is 0 Å². The van der Waals surface area contributed by atoms with Crippen LogP contribution in [0.1, 0.15) is 33.6 Å². The zero-order valence-corrected chi connectivity index (χ0v) is 8.25. The monoisotopic (exact) mass is 169 g/mol. The fraction of sp³-hybridized carbons (Fsp3) is 0.889. The lowest BCUT2D eigenvalue weighted by Gasteiger charge is -2.22. The molecule has 1 heterocycles. The lowest BCUT2D eigenvalue weighted by atomic mass is 10.2. The molecule has 1 fully saturated rings. The van der Waals surface area contributed by atoms with E-state index in [-0.39, 0.29) is 0 Å². The van der Waals surface area contributed by atoms with Gasteiger partial charge in [-0.05, 0) is 33.6 Å². The predicted octanol–water partition coefficient (Wildman–Crippen LogP) is 1.19. The molecule has 0 radical (unpaired) electrons. The summed E-state index contributed by atoms with van der Waals surface area (Å²) in [6.07, 6.45) is 2.49. The van der Waals surface area contributed by atoms with Crippen molar-refractivity contribution in [3.05, 3.63) is 0 Å². The van der Waals surface area contributed by atoms with Gasteiger partial charge in [-0.25, -0.2) is 0 Å². The average molecular weight is 169 g/mol. The lowest BCUT2D eigenvalue weighted by molar-refractivity contribution is 0.407. The van der Waals surface area contributed by atoms with Gasteiger partial charge in [0.1, 0.15) is 0 Å². The highest BCUT2D eigenvalue weighted by molar-refractivity contribution is 5.78. The Labute approximate surface area is 74.6 Å². The summed E-state index contributed by atoms with van der Waals surface area (Å²) in [4.78, 5) is 6.52. The summed E-state index contributed by atoms with van der Waals surface area (Å²) in [6.45, 7) is 7.38. The minimum atomic E-state index is 0.304. The Balaban J connectivity index is 2.56. The van der Waals surface area contributed by atoms with Gasteiger partial charge in [-0.3, -0.25) is 4.99 Å². The quantitative estimate of drug-likeness (QED) is 0.473. The molecule has 0 aliphatic carbocycles. The van der Waals surface area contributed by atoms with E-state index in [0.717, 1.165) is 12.5 Å². The minimum Gasteiger partial charge on any atom is -0.370 e. The predicted molar refractivity (Wildman–Crippen MR) is 52.2 cm³/mol. The minimum absolute atomic E-state index is 0.304. The first kappa shape index (κ1) is 9.36. The first-order valence-electron chi connectivity index (χ1n) is 4.71. The number of aliphatic imine (C=N–C) groups is 1. The third kappa shape index (κ3) is 2.13. The second-order valence-electron chi connectivity index (χ2n) is 3.77. The van der Waals surface area contributed by atoms with Gasteiger partial charge in [0.25, 0.3) is 0 Å². The molecule has 1 unspecified atom stereocenters. The molecule has 0 aromatic rings. The van der Waals surface area contributed by atoms with Crippen LogP contribution < -0.4 is 5.73 Å². The summed E-state index contributed by atoms with van der Waals surface area (Å²) in [5.74, 6) is 0.718. The fourth-order valence-electron chi connectivity index (χ4n) is 1.61. The maximum absolute atomic E-state index is 5.85. The molecule has 0 aromatic heterocycles. The lowest BCUT2D eigenvalue weighted by Crippen LogP contribution is -2.40. The van der Waals surface area contributed by atoms with Gasteiger partial charge in [0.05, 0.1) is 0 Å². The number of guanidine groups is 1. The van der Waals surface area contributed by atoms with Crippen molar-refractivity contribution >= 4 is 5.96 Å². The highest BCUT2D eigenvalue weighted by atomic mass is 15.3. The van der Waals surface area contributed by atoms with E-state index in [2.05, 4.69) is 16.8 Å². The Bertz CT molecular complexity index is 175. The van der Waals surface area contributed by atoms with E-state index in [1.165, 1.54) is 12.8 Å². The number of nitrogens with two attached hydrogens (primary N) is 1. The van der Waals surface area contributed by atoms with Gasteiger partial charge in [0, 0.05) is 18.6 Å². The summed E-state index contributed by atoms with van der Waals surface area (Å²) >= 11 is 0. The van der Waals surface area contributed by atoms with Crippen LogP contribution >= 0.6 is 0 Å². The molecule has 1 rings (SSSR count). The van der Waals surface area contributed by atoms with Gasteiger partial charge in [-0.1, -0.05) is 0 Å². The third-order valence-corrected chi connectivity index (χ3v) is 2.24. The van der Waals surface area contributed by atoms with Crippen LogP contribution in [0.2, 0.25) is 0 Å². The molecule has 0 spiro atoms. The summed E-state index contributed by atoms with van der Waals surface area (Å²) in [5, 5.41) is 0. The van der Waals surface area contributed by atoms with Gasteiger partial charge in [0.15, 0.2) is 5.96 Å². The maximum atomic E-state index is 5.85. The van der Waals surface area contributed by atoms with E-state index in [9.17, 15) is 0 Å². The SMILES string of the molecule is CC(C)N=C(N)N1CCCC1C. The second kappa shape index (κ2) is 3.78. The van der Waals surface area contributed by atoms with Crippen LogP contribution in [0.5, 0.6) is 0 Å². The number of hydrogen-bond donors (Lipinski definition) is 1. The molecule has 1 aliphatic heterocycles. The fourth-order valence-corrected chi connectivity index (χ4v) is 1.61. The summed E-state index contributed by atoms with van der Waals surface area (Å²) in [5.41, 5.74) is 5.85. The number of hydrogen-bond acceptors (Lipinski definition) is 1. The topological polar surface area (TPSA) is 41.6 Å². The van der Waals surface area contributed by atoms with Crippen LogP contribution in [0.15, 0.2) is 4.99 Å². The Hall–Kier alpha value is -0.730. The zero-order valence-electron chi connectivity index (χ0n) is 8.25. The normalized spacial score (nSPS) is 25.5.